The van der Waals surface area contributed by atoms with E-state index in [1.165, 1.54) is 6.07 Å². The maximum atomic E-state index is 10.9. The molecule has 1 aromatic rings. The summed E-state index contributed by atoms with van der Waals surface area (Å²) in [5.41, 5.74) is 0. The van der Waals surface area contributed by atoms with Crippen LogP contribution in [0.3, 0.4) is 0 Å². The van der Waals surface area contributed by atoms with E-state index in [1.807, 2.05) is 0 Å². The van der Waals surface area contributed by atoms with Crippen molar-refractivity contribution in [2.75, 3.05) is 0 Å². The van der Waals surface area contributed by atoms with Crippen LogP contribution < -0.4 is 5.14 Å². The Morgan fingerprint density at radius 3 is 2.25 bits per heavy atom. The second kappa shape index (κ2) is 3.45. The first kappa shape index (κ1) is 10.2. The van der Waals surface area contributed by atoms with E-state index < -0.39 is 10.0 Å². The predicted octanol–water partition coefficient (Wildman–Crippen LogP) is 1.86. The van der Waals surface area contributed by atoms with Crippen molar-refractivity contribution < 1.29 is 8.42 Å². The number of hydrogen-bond donors (Lipinski definition) is 1. The number of rotatable bonds is 1. The lowest BCUT2D eigenvalue weighted by molar-refractivity contribution is 0.597. The third kappa shape index (κ3) is 2.29. The zero-order valence-corrected chi connectivity index (χ0v) is 9.78. The van der Waals surface area contributed by atoms with Crippen LogP contribution in [0, 0.1) is 0 Å². The van der Waals surface area contributed by atoms with Crippen LogP contribution in [0.4, 0.5) is 0 Å². The fourth-order valence-corrected chi connectivity index (χ4v) is 2.76. The second-order valence-electron chi connectivity index (χ2n) is 2.12. The van der Waals surface area contributed by atoms with Crippen LogP contribution in [0.25, 0.3) is 0 Å². The highest BCUT2D eigenvalue weighted by Gasteiger charge is 2.11. The molecule has 0 unspecified atom stereocenters. The van der Waals surface area contributed by atoms with E-state index in [2.05, 4.69) is 31.9 Å². The van der Waals surface area contributed by atoms with Crippen molar-refractivity contribution in [3.63, 3.8) is 0 Å². The number of hydrogen-bond acceptors (Lipinski definition) is 2. The molecule has 1 rings (SSSR count). The fourth-order valence-electron chi connectivity index (χ4n) is 0.695. The molecule has 66 valence electrons. The number of nitrogens with two attached hydrogens (primary N) is 1. The van der Waals surface area contributed by atoms with Gasteiger partial charge in [-0.2, -0.15) is 0 Å². The van der Waals surface area contributed by atoms with Crippen molar-refractivity contribution in [1.82, 2.24) is 0 Å². The van der Waals surface area contributed by atoms with Crippen LogP contribution in [0.1, 0.15) is 0 Å². The summed E-state index contributed by atoms with van der Waals surface area (Å²) in [5, 5.41) is 4.95. The van der Waals surface area contributed by atoms with Gasteiger partial charge in [0.25, 0.3) is 0 Å². The molecule has 0 bridgehead atoms. The van der Waals surface area contributed by atoms with Gasteiger partial charge < -0.3 is 0 Å². The number of sulfonamides is 1. The van der Waals surface area contributed by atoms with Crippen molar-refractivity contribution in [2.24, 2.45) is 5.14 Å². The lowest BCUT2D eigenvalue weighted by Crippen LogP contribution is -2.12. The van der Waals surface area contributed by atoms with E-state index >= 15 is 0 Å². The summed E-state index contributed by atoms with van der Waals surface area (Å²) in [7, 11) is -3.63. The normalized spacial score (nSPS) is 11.6. The van der Waals surface area contributed by atoms with Gasteiger partial charge in [0.1, 0.15) is 0 Å². The molecule has 0 spiro atoms. The first-order chi connectivity index (χ1) is 5.41. The van der Waals surface area contributed by atoms with Crippen LogP contribution >= 0.6 is 31.9 Å². The fraction of sp³-hybridized carbons (Fsp3) is 0. The zero-order chi connectivity index (χ0) is 9.35. The molecule has 0 atom stereocenters. The monoisotopic (exact) mass is 313 g/mol. The van der Waals surface area contributed by atoms with E-state index in [0.717, 1.165) is 0 Å². The first-order valence-electron chi connectivity index (χ1n) is 2.89. The molecule has 0 aromatic heterocycles. The molecular formula is C6H5Br2NO2S. The maximum Gasteiger partial charge on any atom is 0.239 e. The van der Waals surface area contributed by atoms with Crippen molar-refractivity contribution >= 4 is 41.9 Å². The number of benzene rings is 1. The van der Waals surface area contributed by atoms with Crippen LogP contribution in [-0.2, 0) is 10.0 Å². The van der Waals surface area contributed by atoms with Crippen molar-refractivity contribution in [2.45, 2.75) is 4.90 Å². The lowest BCUT2D eigenvalue weighted by atomic mass is 10.4. The SMILES string of the molecule is NS(=O)(=O)c1cc(Br)ccc1Br. The summed E-state index contributed by atoms with van der Waals surface area (Å²) in [6.45, 7) is 0. The van der Waals surface area contributed by atoms with Gasteiger partial charge in [-0.05, 0) is 34.1 Å². The van der Waals surface area contributed by atoms with Crippen LogP contribution in [0.2, 0.25) is 0 Å². The standard InChI is InChI=1S/C6H5Br2NO2S/c7-4-1-2-5(8)6(3-4)12(9,10)11/h1-3H,(H2,9,10,11). The van der Waals surface area contributed by atoms with E-state index in [9.17, 15) is 8.42 Å². The molecule has 6 heteroatoms. The summed E-state index contributed by atoms with van der Waals surface area (Å²) >= 11 is 6.23. The predicted molar refractivity (Wildman–Crippen MR) is 53.2 cm³/mol. The van der Waals surface area contributed by atoms with Gasteiger partial charge in [-0.25, -0.2) is 13.6 Å². The van der Waals surface area contributed by atoms with Gasteiger partial charge in [-0.15, -0.1) is 0 Å². The first-order valence-corrected chi connectivity index (χ1v) is 6.02. The Morgan fingerprint density at radius 1 is 1.25 bits per heavy atom. The summed E-state index contributed by atoms with van der Waals surface area (Å²) in [6, 6.07) is 4.78. The Labute approximate surface area is 87.3 Å². The highest BCUT2D eigenvalue weighted by Crippen LogP contribution is 2.24. The molecule has 0 heterocycles. The average molecular weight is 315 g/mol. The van der Waals surface area contributed by atoms with E-state index in [0.29, 0.717) is 8.95 Å². The van der Waals surface area contributed by atoms with Crippen LogP contribution in [0.5, 0.6) is 0 Å². The minimum absolute atomic E-state index is 0.0804. The third-order valence-corrected chi connectivity index (χ3v) is 3.60. The Morgan fingerprint density at radius 2 is 1.83 bits per heavy atom. The Balaban J connectivity index is 3.43. The van der Waals surface area contributed by atoms with Crippen molar-refractivity contribution in [3.8, 4) is 0 Å². The Kier molecular flexibility index (Phi) is 2.92. The highest BCUT2D eigenvalue weighted by molar-refractivity contribution is 9.11. The van der Waals surface area contributed by atoms with Gasteiger partial charge in [-0.1, -0.05) is 15.9 Å². The second-order valence-corrected chi connectivity index (χ2v) is 5.42. The zero-order valence-electron chi connectivity index (χ0n) is 5.79. The summed E-state index contributed by atoms with van der Waals surface area (Å²) < 4.78 is 23.0. The molecule has 2 N–H and O–H groups in total. The van der Waals surface area contributed by atoms with Gasteiger partial charge in [0.15, 0.2) is 0 Å². The molecule has 0 aliphatic carbocycles. The summed E-state index contributed by atoms with van der Waals surface area (Å²) in [5.74, 6) is 0. The summed E-state index contributed by atoms with van der Waals surface area (Å²) in [6.07, 6.45) is 0. The number of halogens is 2. The van der Waals surface area contributed by atoms with Crippen molar-refractivity contribution in [1.29, 1.82) is 0 Å². The molecule has 0 saturated heterocycles. The van der Waals surface area contributed by atoms with Crippen LogP contribution in [0.15, 0.2) is 32.0 Å². The molecular weight excluding hydrogens is 310 g/mol. The van der Waals surface area contributed by atoms with Gasteiger partial charge in [0, 0.05) is 8.95 Å². The van der Waals surface area contributed by atoms with Gasteiger partial charge in [0.05, 0.1) is 4.90 Å². The molecule has 0 aliphatic heterocycles. The largest absolute Gasteiger partial charge is 0.239 e. The molecule has 0 fully saturated rings. The van der Waals surface area contributed by atoms with Gasteiger partial charge >= 0.3 is 0 Å². The Bertz CT molecular complexity index is 402. The lowest BCUT2D eigenvalue weighted by Gasteiger charge is -2.01. The maximum absolute atomic E-state index is 10.9. The third-order valence-electron chi connectivity index (χ3n) is 1.20. The number of primary sulfonamides is 1. The highest BCUT2D eigenvalue weighted by atomic mass is 79.9. The van der Waals surface area contributed by atoms with Gasteiger partial charge in [-0.3, -0.25) is 0 Å². The topological polar surface area (TPSA) is 60.2 Å². The van der Waals surface area contributed by atoms with E-state index in [-0.39, 0.29) is 4.90 Å². The molecule has 0 radical (unpaired) electrons. The smallest absolute Gasteiger partial charge is 0.225 e. The van der Waals surface area contributed by atoms with Crippen LogP contribution in [-0.4, -0.2) is 8.42 Å². The Hall–Kier alpha value is 0.0900. The molecule has 0 aliphatic rings. The van der Waals surface area contributed by atoms with E-state index in [1.54, 1.807) is 12.1 Å². The van der Waals surface area contributed by atoms with E-state index in [4.69, 9.17) is 5.14 Å². The van der Waals surface area contributed by atoms with Crippen molar-refractivity contribution in [3.05, 3.63) is 27.1 Å². The molecule has 1 aromatic carbocycles. The summed E-state index contributed by atoms with van der Waals surface area (Å²) in [4.78, 5) is 0.0804. The minimum Gasteiger partial charge on any atom is -0.225 e. The average Bonchev–Trinajstić information content (AvgIpc) is 1.92. The minimum atomic E-state index is -3.63. The molecule has 0 saturated carbocycles. The molecule has 0 amide bonds. The van der Waals surface area contributed by atoms with Gasteiger partial charge in [0.2, 0.25) is 10.0 Å². The molecule has 3 nitrogen and oxygen atoms in total. The molecule has 12 heavy (non-hydrogen) atoms. The quantitative estimate of drug-likeness (QED) is 0.860.